The van der Waals surface area contributed by atoms with E-state index in [0.717, 1.165) is 23.1 Å². The largest absolute Gasteiger partial charge is 0.493 e. The molecule has 0 bridgehead atoms. The molecular weight excluding hydrogens is 284 g/mol. The number of ether oxygens (including phenoxy) is 2. The molecule has 2 aromatic rings. The molecule has 0 radical (unpaired) electrons. The number of hydrogen-bond donors (Lipinski definition) is 1. The third kappa shape index (κ3) is 3.36. The first-order chi connectivity index (χ1) is 10.3. The molecule has 1 heterocycles. The van der Waals surface area contributed by atoms with Gasteiger partial charge >= 0.3 is 0 Å². The second-order valence-corrected chi connectivity index (χ2v) is 6.33. The van der Waals surface area contributed by atoms with Crippen molar-refractivity contribution in [2.24, 2.45) is 0 Å². The van der Waals surface area contributed by atoms with Crippen LogP contribution in [-0.4, -0.2) is 19.1 Å². The van der Waals surface area contributed by atoms with Crippen LogP contribution >= 0.6 is 11.3 Å². The minimum Gasteiger partial charge on any atom is -0.493 e. The van der Waals surface area contributed by atoms with E-state index >= 15 is 0 Å². The molecular formula is C16H20N2O2S. The summed E-state index contributed by atoms with van der Waals surface area (Å²) in [5.74, 6) is 2.19. The molecule has 0 amide bonds. The van der Waals surface area contributed by atoms with Crippen molar-refractivity contribution in [3.05, 3.63) is 39.8 Å². The van der Waals surface area contributed by atoms with E-state index in [2.05, 4.69) is 5.32 Å². The molecule has 1 fully saturated rings. The standard InChI is InChI=1S/C16H20N2O2S/c1-17-9-14-16(11-7-8-11)18-15(21-14)10-20-13-6-4-3-5-12(13)19-2/h3-6,11,17H,7-10H2,1-2H3. The second-order valence-electron chi connectivity index (χ2n) is 5.16. The number of rotatable bonds is 7. The summed E-state index contributed by atoms with van der Waals surface area (Å²) in [5, 5.41) is 4.26. The van der Waals surface area contributed by atoms with Crippen LogP contribution in [0.1, 0.15) is 34.3 Å². The van der Waals surface area contributed by atoms with Gasteiger partial charge in [0.15, 0.2) is 11.5 Å². The monoisotopic (exact) mass is 304 g/mol. The lowest BCUT2D eigenvalue weighted by Crippen LogP contribution is -2.05. The van der Waals surface area contributed by atoms with Gasteiger partial charge in [0.2, 0.25) is 0 Å². The molecule has 0 atom stereocenters. The molecule has 1 saturated carbocycles. The first-order valence-corrected chi connectivity index (χ1v) is 8.02. The van der Waals surface area contributed by atoms with E-state index in [0.29, 0.717) is 12.5 Å². The van der Waals surface area contributed by atoms with Crippen LogP contribution in [0.4, 0.5) is 0 Å². The summed E-state index contributed by atoms with van der Waals surface area (Å²) in [5.41, 5.74) is 1.27. The third-order valence-corrected chi connectivity index (χ3v) is 4.54. The number of nitrogens with one attached hydrogen (secondary N) is 1. The van der Waals surface area contributed by atoms with Crippen molar-refractivity contribution in [1.82, 2.24) is 10.3 Å². The lowest BCUT2D eigenvalue weighted by atomic mass is 10.2. The van der Waals surface area contributed by atoms with Gasteiger partial charge in [-0.25, -0.2) is 4.98 Å². The Labute approximate surface area is 129 Å². The maximum absolute atomic E-state index is 5.86. The number of nitrogens with zero attached hydrogens (tertiary/aromatic N) is 1. The fourth-order valence-electron chi connectivity index (χ4n) is 2.32. The Bertz CT molecular complexity index is 608. The van der Waals surface area contributed by atoms with Gasteiger partial charge in [-0.15, -0.1) is 11.3 Å². The van der Waals surface area contributed by atoms with Crippen LogP contribution in [0.2, 0.25) is 0 Å². The zero-order valence-corrected chi connectivity index (χ0v) is 13.2. The number of para-hydroxylation sites is 2. The van der Waals surface area contributed by atoms with E-state index in [4.69, 9.17) is 14.5 Å². The number of benzene rings is 1. The van der Waals surface area contributed by atoms with Gasteiger partial charge in [-0.2, -0.15) is 0 Å². The molecule has 112 valence electrons. The minimum absolute atomic E-state index is 0.495. The highest BCUT2D eigenvalue weighted by atomic mass is 32.1. The molecule has 21 heavy (non-hydrogen) atoms. The van der Waals surface area contributed by atoms with Gasteiger partial charge in [0.1, 0.15) is 11.6 Å². The SMILES string of the molecule is CNCc1sc(COc2ccccc2OC)nc1C1CC1. The van der Waals surface area contributed by atoms with E-state index in [-0.39, 0.29) is 0 Å². The highest BCUT2D eigenvalue weighted by molar-refractivity contribution is 7.11. The maximum atomic E-state index is 5.86. The Kier molecular flexibility index (Phi) is 4.41. The van der Waals surface area contributed by atoms with Gasteiger partial charge in [0.25, 0.3) is 0 Å². The summed E-state index contributed by atoms with van der Waals surface area (Å²) in [7, 11) is 3.63. The lowest BCUT2D eigenvalue weighted by Gasteiger charge is -2.08. The number of hydrogen-bond acceptors (Lipinski definition) is 5. The predicted octanol–water partition coefficient (Wildman–Crippen LogP) is 3.33. The summed E-state index contributed by atoms with van der Waals surface area (Å²) in [6.45, 7) is 1.38. The number of thiazole rings is 1. The smallest absolute Gasteiger partial charge is 0.161 e. The highest BCUT2D eigenvalue weighted by Crippen LogP contribution is 2.42. The second kappa shape index (κ2) is 6.45. The van der Waals surface area contributed by atoms with Crippen LogP contribution in [0, 0.1) is 0 Å². The van der Waals surface area contributed by atoms with Crippen LogP contribution in [-0.2, 0) is 13.2 Å². The van der Waals surface area contributed by atoms with Crippen molar-refractivity contribution in [1.29, 1.82) is 0 Å². The average molecular weight is 304 g/mol. The molecule has 5 heteroatoms. The van der Waals surface area contributed by atoms with E-state index in [9.17, 15) is 0 Å². The molecule has 1 aromatic carbocycles. The molecule has 1 N–H and O–H groups in total. The normalized spacial score (nSPS) is 14.2. The van der Waals surface area contributed by atoms with Crippen LogP contribution in [0.5, 0.6) is 11.5 Å². The quantitative estimate of drug-likeness (QED) is 0.852. The van der Waals surface area contributed by atoms with Gasteiger partial charge < -0.3 is 14.8 Å². The van der Waals surface area contributed by atoms with Crippen molar-refractivity contribution in [2.45, 2.75) is 31.9 Å². The number of methoxy groups -OCH3 is 1. The molecule has 1 aliphatic rings. The Morgan fingerprint density at radius 3 is 2.71 bits per heavy atom. The fourth-order valence-corrected chi connectivity index (χ4v) is 3.40. The average Bonchev–Trinajstić information content (AvgIpc) is 3.28. The zero-order valence-electron chi connectivity index (χ0n) is 12.4. The fraction of sp³-hybridized carbons (Fsp3) is 0.438. The van der Waals surface area contributed by atoms with Crippen LogP contribution in [0.3, 0.4) is 0 Å². The van der Waals surface area contributed by atoms with E-state index in [1.165, 1.54) is 23.4 Å². The van der Waals surface area contributed by atoms with Crippen molar-refractivity contribution < 1.29 is 9.47 Å². The molecule has 0 unspecified atom stereocenters. The Balaban J connectivity index is 1.71. The summed E-state index contributed by atoms with van der Waals surface area (Å²) in [4.78, 5) is 6.12. The Morgan fingerprint density at radius 1 is 1.29 bits per heavy atom. The van der Waals surface area contributed by atoms with Crippen LogP contribution in [0.25, 0.3) is 0 Å². The topological polar surface area (TPSA) is 43.4 Å². The van der Waals surface area contributed by atoms with Gasteiger partial charge in [-0.3, -0.25) is 0 Å². The van der Waals surface area contributed by atoms with Gasteiger partial charge in [0.05, 0.1) is 12.8 Å². The Hall–Kier alpha value is -1.59. The van der Waals surface area contributed by atoms with Crippen molar-refractivity contribution in [2.75, 3.05) is 14.2 Å². The molecule has 0 spiro atoms. The Morgan fingerprint density at radius 2 is 2.05 bits per heavy atom. The summed E-state index contributed by atoms with van der Waals surface area (Å²) < 4.78 is 11.2. The molecule has 0 aliphatic heterocycles. The first-order valence-electron chi connectivity index (χ1n) is 7.20. The van der Waals surface area contributed by atoms with Crippen molar-refractivity contribution >= 4 is 11.3 Å². The van der Waals surface area contributed by atoms with E-state index in [1.54, 1.807) is 18.4 Å². The minimum atomic E-state index is 0.495. The molecule has 0 saturated heterocycles. The van der Waals surface area contributed by atoms with E-state index < -0.39 is 0 Å². The van der Waals surface area contributed by atoms with Crippen LogP contribution in [0.15, 0.2) is 24.3 Å². The van der Waals surface area contributed by atoms with Crippen molar-refractivity contribution in [3.8, 4) is 11.5 Å². The van der Waals surface area contributed by atoms with E-state index in [1.807, 2.05) is 31.3 Å². The molecule has 4 nitrogen and oxygen atoms in total. The maximum Gasteiger partial charge on any atom is 0.161 e. The third-order valence-electron chi connectivity index (χ3n) is 3.49. The zero-order chi connectivity index (χ0) is 14.7. The number of aromatic nitrogens is 1. The molecule has 1 aromatic heterocycles. The molecule has 3 rings (SSSR count). The highest BCUT2D eigenvalue weighted by Gasteiger charge is 2.29. The first kappa shape index (κ1) is 14.4. The summed E-state index contributed by atoms with van der Waals surface area (Å²) in [6, 6.07) is 7.70. The van der Waals surface area contributed by atoms with Gasteiger partial charge in [0, 0.05) is 17.3 Å². The lowest BCUT2D eigenvalue weighted by molar-refractivity contribution is 0.284. The van der Waals surface area contributed by atoms with Crippen molar-refractivity contribution in [3.63, 3.8) is 0 Å². The van der Waals surface area contributed by atoms with Gasteiger partial charge in [-0.05, 0) is 32.0 Å². The molecule has 1 aliphatic carbocycles. The predicted molar refractivity (Wildman–Crippen MR) is 84.2 cm³/mol. The summed E-state index contributed by atoms with van der Waals surface area (Å²) in [6.07, 6.45) is 2.54. The summed E-state index contributed by atoms with van der Waals surface area (Å²) >= 11 is 1.75. The van der Waals surface area contributed by atoms with Gasteiger partial charge in [-0.1, -0.05) is 12.1 Å². The van der Waals surface area contributed by atoms with Crippen LogP contribution < -0.4 is 14.8 Å².